The van der Waals surface area contributed by atoms with Crippen LogP contribution < -0.4 is 10.1 Å². The summed E-state index contributed by atoms with van der Waals surface area (Å²) in [5, 5.41) is 2.87. The van der Waals surface area contributed by atoms with Gasteiger partial charge in [0.15, 0.2) is 0 Å². The molecule has 2 rings (SSSR count). The average molecular weight is 341 g/mol. The Balaban J connectivity index is 1.78. The van der Waals surface area contributed by atoms with Crippen LogP contribution in [0.5, 0.6) is 5.75 Å². The maximum atomic E-state index is 12.1. The number of nitrogens with one attached hydrogen (secondary N) is 1. The molecule has 1 N–H and O–H groups in total. The number of carbonyl (C=O) groups excluding carboxylic acids is 1. The van der Waals surface area contributed by atoms with Gasteiger partial charge < -0.3 is 15.0 Å². The summed E-state index contributed by atoms with van der Waals surface area (Å²) in [6, 6.07) is 7.54. The number of amides is 2. The van der Waals surface area contributed by atoms with Gasteiger partial charge in [-0.25, -0.2) is 13.2 Å². The highest BCUT2D eigenvalue weighted by Gasteiger charge is 2.25. The standard InChI is InChI=1S/C15H23N3O4S/c1-22-14-6-4-3-5-13(14)7-8-16-15(19)17-9-11-18(12-10-17)23(2,20)21/h3-6H,7-12H2,1-2H3,(H,16,19). The minimum atomic E-state index is -3.17. The van der Waals surface area contributed by atoms with Crippen LogP contribution in [0.1, 0.15) is 5.56 Å². The van der Waals surface area contributed by atoms with E-state index in [1.165, 1.54) is 10.6 Å². The fourth-order valence-corrected chi connectivity index (χ4v) is 3.37. The van der Waals surface area contributed by atoms with Crippen LogP contribution in [0, 0.1) is 0 Å². The third-order valence-electron chi connectivity index (χ3n) is 3.86. The molecule has 1 fully saturated rings. The van der Waals surface area contributed by atoms with E-state index in [2.05, 4.69) is 5.32 Å². The molecule has 1 aliphatic rings. The number of carbonyl (C=O) groups is 1. The minimum absolute atomic E-state index is 0.159. The molecule has 0 aliphatic carbocycles. The molecular weight excluding hydrogens is 318 g/mol. The molecule has 0 bridgehead atoms. The number of hydrogen-bond donors (Lipinski definition) is 1. The van der Waals surface area contributed by atoms with Gasteiger partial charge >= 0.3 is 6.03 Å². The van der Waals surface area contributed by atoms with Gasteiger partial charge in [-0.2, -0.15) is 4.31 Å². The average Bonchev–Trinajstić information content (AvgIpc) is 2.54. The minimum Gasteiger partial charge on any atom is -0.496 e. The van der Waals surface area contributed by atoms with Crippen LogP contribution in [-0.4, -0.2) is 69.7 Å². The van der Waals surface area contributed by atoms with Crippen molar-refractivity contribution in [2.75, 3.05) is 46.1 Å². The van der Waals surface area contributed by atoms with E-state index in [9.17, 15) is 13.2 Å². The molecule has 0 spiro atoms. The maximum Gasteiger partial charge on any atom is 0.317 e. The van der Waals surface area contributed by atoms with E-state index in [-0.39, 0.29) is 6.03 Å². The van der Waals surface area contributed by atoms with E-state index in [1.807, 2.05) is 24.3 Å². The Bertz CT molecular complexity index is 640. The lowest BCUT2D eigenvalue weighted by molar-refractivity contribution is 0.172. The van der Waals surface area contributed by atoms with E-state index >= 15 is 0 Å². The van der Waals surface area contributed by atoms with Crippen LogP contribution in [0.25, 0.3) is 0 Å². The third-order valence-corrected chi connectivity index (χ3v) is 5.16. The van der Waals surface area contributed by atoms with Gasteiger partial charge in [-0.3, -0.25) is 0 Å². The van der Waals surface area contributed by atoms with Crippen LogP contribution in [0.3, 0.4) is 0 Å². The van der Waals surface area contributed by atoms with Crippen molar-refractivity contribution in [1.82, 2.24) is 14.5 Å². The number of urea groups is 1. The summed E-state index contributed by atoms with van der Waals surface area (Å²) in [5.74, 6) is 0.809. The molecule has 1 saturated heterocycles. The number of benzene rings is 1. The second-order valence-electron chi connectivity index (χ2n) is 5.44. The van der Waals surface area contributed by atoms with E-state index in [4.69, 9.17) is 4.74 Å². The first-order valence-corrected chi connectivity index (χ1v) is 9.36. The van der Waals surface area contributed by atoms with Crippen molar-refractivity contribution in [2.45, 2.75) is 6.42 Å². The summed E-state index contributed by atoms with van der Waals surface area (Å²) in [7, 11) is -1.55. The normalized spacial score (nSPS) is 16.2. The van der Waals surface area contributed by atoms with Gasteiger partial charge in [-0.1, -0.05) is 18.2 Å². The van der Waals surface area contributed by atoms with Crippen LogP contribution in [0.15, 0.2) is 24.3 Å². The number of ether oxygens (including phenoxy) is 1. The predicted molar refractivity (Wildman–Crippen MR) is 88.1 cm³/mol. The van der Waals surface area contributed by atoms with Crippen LogP contribution in [-0.2, 0) is 16.4 Å². The third kappa shape index (κ3) is 4.84. The zero-order valence-corrected chi connectivity index (χ0v) is 14.3. The van der Waals surface area contributed by atoms with Gasteiger partial charge in [0, 0.05) is 32.7 Å². The van der Waals surface area contributed by atoms with E-state index < -0.39 is 10.0 Å². The number of hydrogen-bond acceptors (Lipinski definition) is 4. The number of methoxy groups -OCH3 is 1. The number of sulfonamides is 1. The van der Waals surface area contributed by atoms with Gasteiger partial charge in [-0.15, -0.1) is 0 Å². The highest BCUT2D eigenvalue weighted by Crippen LogP contribution is 2.17. The molecule has 8 heteroatoms. The number of rotatable bonds is 5. The Morgan fingerprint density at radius 1 is 1.22 bits per heavy atom. The summed E-state index contributed by atoms with van der Waals surface area (Å²) in [6.45, 7) is 2.02. The molecule has 2 amide bonds. The highest BCUT2D eigenvalue weighted by atomic mass is 32.2. The Kier molecular flexibility index (Phi) is 5.84. The topological polar surface area (TPSA) is 79.0 Å². The van der Waals surface area contributed by atoms with Crippen LogP contribution in [0.4, 0.5) is 4.79 Å². The monoisotopic (exact) mass is 341 g/mol. The second-order valence-corrected chi connectivity index (χ2v) is 7.43. The fraction of sp³-hybridized carbons (Fsp3) is 0.533. The molecule has 0 atom stereocenters. The maximum absolute atomic E-state index is 12.1. The number of piperazine rings is 1. The summed E-state index contributed by atoms with van der Waals surface area (Å²) in [4.78, 5) is 13.8. The molecule has 0 saturated carbocycles. The molecule has 1 heterocycles. The first kappa shape index (κ1) is 17.6. The van der Waals surface area contributed by atoms with Crippen molar-refractivity contribution in [3.8, 4) is 5.75 Å². The molecule has 1 aliphatic heterocycles. The number of para-hydroxylation sites is 1. The zero-order valence-electron chi connectivity index (χ0n) is 13.5. The van der Waals surface area contributed by atoms with Gasteiger partial charge in [0.1, 0.15) is 5.75 Å². The van der Waals surface area contributed by atoms with Gasteiger partial charge in [0.25, 0.3) is 0 Å². The molecule has 1 aromatic rings. The Hall–Kier alpha value is -1.80. The molecule has 128 valence electrons. The van der Waals surface area contributed by atoms with E-state index in [1.54, 1.807) is 12.0 Å². The molecule has 0 radical (unpaired) electrons. The van der Waals surface area contributed by atoms with Crippen molar-refractivity contribution >= 4 is 16.1 Å². The Morgan fingerprint density at radius 2 is 1.87 bits per heavy atom. The van der Waals surface area contributed by atoms with Crippen molar-refractivity contribution in [3.05, 3.63) is 29.8 Å². The van der Waals surface area contributed by atoms with Crippen molar-refractivity contribution in [3.63, 3.8) is 0 Å². The van der Waals surface area contributed by atoms with Crippen molar-refractivity contribution in [2.24, 2.45) is 0 Å². The molecule has 1 aromatic carbocycles. The Labute approximate surface area is 137 Å². The van der Waals surface area contributed by atoms with Gasteiger partial charge in [0.2, 0.25) is 10.0 Å². The summed E-state index contributed by atoms with van der Waals surface area (Å²) >= 11 is 0. The van der Waals surface area contributed by atoms with Gasteiger partial charge in [0.05, 0.1) is 13.4 Å². The predicted octanol–water partition coefficient (Wildman–Crippen LogP) is 0.525. The van der Waals surface area contributed by atoms with Gasteiger partial charge in [-0.05, 0) is 18.1 Å². The first-order chi connectivity index (χ1) is 10.9. The molecule has 23 heavy (non-hydrogen) atoms. The Morgan fingerprint density at radius 3 is 2.48 bits per heavy atom. The SMILES string of the molecule is COc1ccccc1CCNC(=O)N1CCN(S(C)(=O)=O)CC1. The van der Waals surface area contributed by atoms with Crippen molar-refractivity contribution < 1.29 is 17.9 Å². The summed E-state index contributed by atoms with van der Waals surface area (Å²) < 4.78 is 29.6. The number of nitrogens with zero attached hydrogens (tertiary/aromatic N) is 2. The lowest BCUT2D eigenvalue weighted by atomic mass is 10.1. The fourth-order valence-electron chi connectivity index (χ4n) is 2.55. The summed E-state index contributed by atoms with van der Waals surface area (Å²) in [5.41, 5.74) is 1.04. The van der Waals surface area contributed by atoms with Crippen molar-refractivity contribution in [1.29, 1.82) is 0 Å². The lowest BCUT2D eigenvalue weighted by Crippen LogP contribution is -2.53. The molecule has 0 aromatic heterocycles. The molecule has 0 unspecified atom stereocenters. The van der Waals surface area contributed by atoms with Crippen LogP contribution in [0.2, 0.25) is 0 Å². The lowest BCUT2D eigenvalue weighted by Gasteiger charge is -2.33. The smallest absolute Gasteiger partial charge is 0.317 e. The first-order valence-electron chi connectivity index (χ1n) is 7.51. The van der Waals surface area contributed by atoms with Crippen LogP contribution >= 0.6 is 0 Å². The highest BCUT2D eigenvalue weighted by molar-refractivity contribution is 7.88. The molecule has 7 nitrogen and oxygen atoms in total. The molecular formula is C15H23N3O4S. The quantitative estimate of drug-likeness (QED) is 0.847. The zero-order chi connectivity index (χ0) is 16.9. The van der Waals surface area contributed by atoms with E-state index in [0.29, 0.717) is 39.1 Å². The summed E-state index contributed by atoms with van der Waals surface area (Å²) in [6.07, 6.45) is 1.87. The largest absolute Gasteiger partial charge is 0.496 e. The van der Waals surface area contributed by atoms with E-state index in [0.717, 1.165) is 11.3 Å². The second kappa shape index (κ2) is 7.65.